The van der Waals surface area contributed by atoms with E-state index in [-0.39, 0.29) is 24.1 Å². The smallest absolute Gasteiger partial charge is 0.412 e. The summed E-state index contributed by atoms with van der Waals surface area (Å²) in [6.45, 7) is 15.1. The normalized spacial score (nSPS) is 12.7. The third kappa shape index (κ3) is 12.5. The lowest BCUT2D eigenvalue weighted by Crippen LogP contribution is -2.50. The summed E-state index contributed by atoms with van der Waals surface area (Å²) in [7, 11) is 0. The van der Waals surface area contributed by atoms with Crippen LogP contribution in [0.5, 0.6) is 0 Å². The van der Waals surface area contributed by atoms with Crippen LogP contribution in [0.4, 0.5) is 16.2 Å². The Morgan fingerprint density at radius 2 is 1.45 bits per heavy atom. The molecule has 13 heteroatoms. The summed E-state index contributed by atoms with van der Waals surface area (Å²) >= 11 is 0. The molecule has 0 unspecified atom stereocenters. The molecule has 1 atom stereocenters. The van der Waals surface area contributed by atoms with E-state index < -0.39 is 57.4 Å². The molecule has 0 bridgehead atoms. The topological polar surface area (TPSA) is 175 Å². The summed E-state index contributed by atoms with van der Waals surface area (Å²) in [4.78, 5) is 60.4. The van der Waals surface area contributed by atoms with E-state index >= 15 is 0 Å². The van der Waals surface area contributed by atoms with Gasteiger partial charge in [-0.15, -0.1) is 0 Å². The van der Waals surface area contributed by atoms with Crippen molar-refractivity contribution in [3.8, 4) is 0 Å². The van der Waals surface area contributed by atoms with E-state index in [0.29, 0.717) is 0 Å². The number of hydrazine groups is 1. The average Bonchev–Trinajstić information content (AvgIpc) is 2.69. The Kier molecular flexibility index (Phi) is 10.8. The summed E-state index contributed by atoms with van der Waals surface area (Å²) in [5, 5.41) is 14.0. The summed E-state index contributed by atoms with van der Waals surface area (Å²) < 4.78 is 15.7. The van der Waals surface area contributed by atoms with Crippen molar-refractivity contribution in [1.82, 2.24) is 10.9 Å². The number of rotatable bonds is 9. The van der Waals surface area contributed by atoms with Crippen molar-refractivity contribution in [2.45, 2.75) is 98.0 Å². The van der Waals surface area contributed by atoms with Gasteiger partial charge in [-0.05, 0) is 80.9 Å². The molecule has 212 valence electrons. The predicted octanol–water partition coefficient (Wildman–Crippen LogP) is 4.01. The second-order valence-corrected chi connectivity index (χ2v) is 11.4. The lowest BCUT2D eigenvalue weighted by Gasteiger charge is -2.25. The molecule has 0 aromatic heterocycles. The van der Waals surface area contributed by atoms with Gasteiger partial charge in [0, 0.05) is 12.5 Å². The first-order valence-electron chi connectivity index (χ1n) is 12.0. The van der Waals surface area contributed by atoms with E-state index in [2.05, 4.69) is 16.2 Å². The lowest BCUT2D eigenvalue weighted by atomic mass is 10.1. The molecule has 0 fully saturated rings. The number of anilines is 1. The SMILES string of the molecule is CC(C)(C)OC(=O)CC[C@@H](NNC(=O)c1ccc(NC(=O)OC(C)(C)C)cc1[N+](=O)[O-])C(=O)OC(C)(C)C. The zero-order chi connectivity index (χ0) is 29.5. The minimum atomic E-state index is -1.15. The number of nitrogens with one attached hydrogen (secondary N) is 3. The van der Waals surface area contributed by atoms with Crippen LogP contribution in [0.3, 0.4) is 0 Å². The lowest BCUT2D eigenvalue weighted by molar-refractivity contribution is -0.385. The maximum Gasteiger partial charge on any atom is 0.412 e. The fourth-order valence-electron chi connectivity index (χ4n) is 2.87. The Morgan fingerprint density at radius 3 is 1.95 bits per heavy atom. The maximum atomic E-state index is 12.8. The van der Waals surface area contributed by atoms with Gasteiger partial charge in [-0.3, -0.25) is 35.2 Å². The predicted molar refractivity (Wildman–Crippen MR) is 138 cm³/mol. The monoisotopic (exact) mass is 538 g/mol. The van der Waals surface area contributed by atoms with E-state index in [0.717, 1.165) is 12.1 Å². The van der Waals surface area contributed by atoms with Crippen molar-refractivity contribution in [3.63, 3.8) is 0 Å². The van der Waals surface area contributed by atoms with Gasteiger partial charge in [0.05, 0.1) is 10.6 Å². The van der Waals surface area contributed by atoms with E-state index in [1.165, 1.54) is 6.07 Å². The number of carbonyl (C=O) groups is 4. The highest BCUT2D eigenvalue weighted by Gasteiger charge is 2.29. The molecule has 0 aliphatic rings. The Bertz CT molecular complexity index is 1050. The van der Waals surface area contributed by atoms with E-state index in [9.17, 15) is 29.3 Å². The van der Waals surface area contributed by atoms with Crippen molar-refractivity contribution in [1.29, 1.82) is 0 Å². The van der Waals surface area contributed by atoms with E-state index in [1.54, 1.807) is 62.3 Å². The minimum Gasteiger partial charge on any atom is -0.460 e. The molecule has 0 saturated heterocycles. The second kappa shape index (κ2) is 12.7. The molecule has 0 heterocycles. The Hall–Kier alpha value is -3.74. The van der Waals surface area contributed by atoms with Crippen LogP contribution in [-0.4, -0.2) is 51.7 Å². The second-order valence-electron chi connectivity index (χ2n) is 11.4. The van der Waals surface area contributed by atoms with Gasteiger partial charge in [-0.2, -0.15) is 0 Å². The van der Waals surface area contributed by atoms with Gasteiger partial charge >= 0.3 is 18.0 Å². The molecule has 1 aromatic carbocycles. The summed E-state index contributed by atoms with van der Waals surface area (Å²) in [5.41, 5.74) is 1.53. The summed E-state index contributed by atoms with van der Waals surface area (Å²) in [6.07, 6.45) is -1.06. The minimum absolute atomic E-state index is 0.0412. The molecule has 2 amide bonds. The van der Waals surface area contributed by atoms with Crippen LogP contribution in [0.1, 0.15) is 85.5 Å². The van der Waals surface area contributed by atoms with E-state index in [4.69, 9.17) is 14.2 Å². The molecule has 0 aliphatic heterocycles. The Morgan fingerprint density at radius 1 is 0.895 bits per heavy atom. The van der Waals surface area contributed by atoms with Crippen LogP contribution in [0.25, 0.3) is 0 Å². The molecule has 0 spiro atoms. The zero-order valence-corrected chi connectivity index (χ0v) is 23.3. The fourth-order valence-corrected chi connectivity index (χ4v) is 2.87. The average molecular weight is 539 g/mol. The highest BCUT2D eigenvalue weighted by molar-refractivity contribution is 5.99. The van der Waals surface area contributed by atoms with Crippen LogP contribution in [0.2, 0.25) is 0 Å². The molecule has 0 radical (unpaired) electrons. The van der Waals surface area contributed by atoms with Crippen molar-refractivity contribution < 1.29 is 38.3 Å². The third-order valence-corrected chi connectivity index (χ3v) is 4.19. The number of carbonyl (C=O) groups excluding carboxylic acids is 4. The highest BCUT2D eigenvalue weighted by atomic mass is 16.6. The van der Waals surface area contributed by atoms with Crippen molar-refractivity contribution in [2.24, 2.45) is 0 Å². The zero-order valence-electron chi connectivity index (χ0n) is 23.3. The number of nitro benzene ring substituents is 1. The molecule has 0 saturated carbocycles. The molecule has 1 rings (SSSR count). The van der Waals surface area contributed by atoms with Gasteiger partial charge in [0.2, 0.25) is 0 Å². The molecular weight excluding hydrogens is 500 g/mol. The van der Waals surface area contributed by atoms with Gasteiger partial charge in [-0.25, -0.2) is 10.2 Å². The number of ether oxygens (including phenoxy) is 3. The molecule has 3 N–H and O–H groups in total. The summed E-state index contributed by atoms with van der Waals surface area (Å²) in [5.74, 6) is -2.22. The van der Waals surface area contributed by atoms with Crippen LogP contribution in [-0.2, 0) is 23.8 Å². The van der Waals surface area contributed by atoms with E-state index in [1.807, 2.05) is 0 Å². The number of hydrogen-bond acceptors (Lipinski definition) is 10. The summed E-state index contributed by atoms with van der Waals surface area (Å²) in [6, 6.07) is 2.29. The third-order valence-electron chi connectivity index (χ3n) is 4.19. The molecule has 13 nitrogen and oxygen atoms in total. The number of amides is 2. The standard InChI is InChI=1S/C25H38N4O9/c1-23(2,3)36-19(30)13-12-17(21(32)37-24(4,5)6)27-28-20(31)16-11-10-15(14-18(16)29(34)35)26-22(33)38-25(7,8)9/h10-11,14,17,27H,12-13H2,1-9H3,(H,26,33)(H,28,31)/t17-/m1/s1. The van der Waals surface area contributed by atoms with Crippen LogP contribution >= 0.6 is 0 Å². The first kappa shape index (κ1) is 32.3. The Balaban J connectivity index is 3.03. The number of benzene rings is 1. The molecule has 1 aromatic rings. The molecular formula is C25H38N4O9. The number of nitrogens with zero attached hydrogens (tertiary/aromatic N) is 1. The van der Waals surface area contributed by atoms with Crippen LogP contribution in [0, 0.1) is 10.1 Å². The molecule has 38 heavy (non-hydrogen) atoms. The van der Waals surface area contributed by atoms with Gasteiger partial charge in [-0.1, -0.05) is 0 Å². The van der Waals surface area contributed by atoms with Crippen LogP contribution < -0.4 is 16.2 Å². The quantitative estimate of drug-likeness (QED) is 0.180. The number of nitro groups is 1. The first-order chi connectivity index (χ1) is 17.2. The first-order valence-corrected chi connectivity index (χ1v) is 12.0. The van der Waals surface area contributed by atoms with Crippen molar-refractivity contribution >= 4 is 35.3 Å². The number of hydrogen-bond donors (Lipinski definition) is 3. The van der Waals surface area contributed by atoms with Crippen molar-refractivity contribution in [3.05, 3.63) is 33.9 Å². The Labute approximate surface area is 222 Å². The fraction of sp³-hybridized carbons (Fsp3) is 0.600. The van der Waals surface area contributed by atoms with Gasteiger partial charge in [0.15, 0.2) is 0 Å². The van der Waals surface area contributed by atoms with Gasteiger partial charge in [0.25, 0.3) is 11.6 Å². The maximum absolute atomic E-state index is 12.8. The van der Waals surface area contributed by atoms with Crippen molar-refractivity contribution in [2.75, 3.05) is 5.32 Å². The van der Waals surface area contributed by atoms with Gasteiger partial charge < -0.3 is 14.2 Å². The van der Waals surface area contributed by atoms with Gasteiger partial charge in [0.1, 0.15) is 28.4 Å². The molecule has 0 aliphatic carbocycles. The van der Waals surface area contributed by atoms with Crippen LogP contribution in [0.15, 0.2) is 18.2 Å². The largest absolute Gasteiger partial charge is 0.460 e. The number of esters is 2. The highest BCUT2D eigenvalue weighted by Crippen LogP contribution is 2.24.